The molecule has 1 aromatic rings. The van der Waals surface area contributed by atoms with Gasteiger partial charge in [0.15, 0.2) is 0 Å². The standard InChI is InChI=1S/C11H14F4N2/c1-7(5-11(13,14)15)17-6-8-2-3-9(16)4-10(8)12/h2-4,7,17H,5-6,16H2,1H3. The van der Waals surface area contributed by atoms with E-state index in [1.807, 2.05) is 0 Å². The predicted octanol–water partition coefficient (Wildman–Crippen LogP) is 2.84. The molecule has 3 N–H and O–H groups in total. The molecule has 2 nitrogen and oxygen atoms in total. The fourth-order valence-electron chi connectivity index (χ4n) is 1.41. The van der Waals surface area contributed by atoms with Gasteiger partial charge < -0.3 is 11.1 Å². The summed E-state index contributed by atoms with van der Waals surface area (Å²) in [6.07, 6.45) is -5.16. The van der Waals surface area contributed by atoms with Crippen LogP contribution in [0.1, 0.15) is 18.9 Å². The molecule has 0 aliphatic rings. The van der Waals surface area contributed by atoms with Crippen LogP contribution in [0.3, 0.4) is 0 Å². The Morgan fingerprint density at radius 1 is 1.35 bits per heavy atom. The molecule has 0 aliphatic carbocycles. The molecule has 1 rings (SSSR count). The van der Waals surface area contributed by atoms with Crippen molar-refractivity contribution in [3.8, 4) is 0 Å². The SMILES string of the molecule is CC(CC(F)(F)F)NCc1ccc(N)cc1F. The highest BCUT2D eigenvalue weighted by atomic mass is 19.4. The summed E-state index contributed by atoms with van der Waals surface area (Å²) in [6.45, 7) is 1.45. The van der Waals surface area contributed by atoms with Crippen LogP contribution in [-0.4, -0.2) is 12.2 Å². The summed E-state index contributed by atoms with van der Waals surface area (Å²) in [6, 6.07) is 3.35. The maximum atomic E-state index is 13.3. The first-order chi connectivity index (χ1) is 7.78. The molecular weight excluding hydrogens is 236 g/mol. The fraction of sp³-hybridized carbons (Fsp3) is 0.455. The van der Waals surface area contributed by atoms with Crippen LogP contribution in [-0.2, 0) is 6.54 Å². The Kier molecular flexibility index (Phi) is 4.34. The molecule has 0 amide bonds. The van der Waals surface area contributed by atoms with Gasteiger partial charge in [0.2, 0.25) is 0 Å². The van der Waals surface area contributed by atoms with Crippen molar-refractivity contribution in [3.05, 3.63) is 29.6 Å². The van der Waals surface area contributed by atoms with E-state index in [9.17, 15) is 17.6 Å². The molecule has 0 heterocycles. The van der Waals surface area contributed by atoms with Gasteiger partial charge in [-0.2, -0.15) is 13.2 Å². The Hall–Kier alpha value is -1.30. The lowest BCUT2D eigenvalue weighted by Gasteiger charge is -2.16. The summed E-state index contributed by atoms with van der Waals surface area (Å²) in [5.74, 6) is -0.517. The van der Waals surface area contributed by atoms with E-state index >= 15 is 0 Å². The topological polar surface area (TPSA) is 38.0 Å². The Balaban J connectivity index is 2.50. The second-order valence-corrected chi connectivity index (χ2v) is 3.95. The first-order valence-electron chi connectivity index (χ1n) is 5.12. The third-order valence-electron chi connectivity index (χ3n) is 2.26. The number of halogens is 4. The van der Waals surface area contributed by atoms with Crippen LogP contribution in [0.25, 0.3) is 0 Å². The largest absolute Gasteiger partial charge is 0.399 e. The van der Waals surface area contributed by atoms with Crippen LogP contribution in [0, 0.1) is 5.82 Å². The molecule has 0 spiro atoms. The van der Waals surface area contributed by atoms with Crippen molar-refractivity contribution in [1.29, 1.82) is 0 Å². The van der Waals surface area contributed by atoms with E-state index in [4.69, 9.17) is 5.73 Å². The van der Waals surface area contributed by atoms with Gasteiger partial charge in [-0.25, -0.2) is 4.39 Å². The van der Waals surface area contributed by atoms with Gasteiger partial charge in [-0.15, -0.1) is 0 Å². The average molecular weight is 250 g/mol. The van der Waals surface area contributed by atoms with Crippen LogP contribution < -0.4 is 11.1 Å². The Morgan fingerprint density at radius 2 is 2.00 bits per heavy atom. The van der Waals surface area contributed by atoms with Gasteiger partial charge in [-0.1, -0.05) is 6.07 Å². The van der Waals surface area contributed by atoms with Crippen molar-refractivity contribution < 1.29 is 17.6 Å². The minimum Gasteiger partial charge on any atom is -0.399 e. The highest BCUT2D eigenvalue weighted by Crippen LogP contribution is 2.21. The summed E-state index contributed by atoms with van der Waals surface area (Å²) in [5.41, 5.74) is 5.94. The van der Waals surface area contributed by atoms with Crippen molar-refractivity contribution in [1.82, 2.24) is 5.32 Å². The highest BCUT2D eigenvalue weighted by Gasteiger charge is 2.29. The molecule has 1 aromatic carbocycles. The lowest BCUT2D eigenvalue weighted by molar-refractivity contribution is -0.139. The Labute approximate surface area is 96.8 Å². The van der Waals surface area contributed by atoms with Crippen molar-refractivity contribution >= 4 is 5.69 Å². The van der Waals surface area contributed by atoms with E-state index in [-0.39, 0.29) is 12.2 Å². The highest BCUT2D eigenvalue weighted by molar-refractivity contribution is 5.40. The smallest absolute Gasteiger partial charge is 0.390 e. The maximum absolute atomic E-state index is 13.3. The zero-order chi connectivity index (χ0) is 13.1. The summed E-state index contributed by atoms with van der Waals surface area (Å²) >= 11 is 0. The van der Waals surface area contributed by atoms with Gasteiger partial charge in [0.05, 0.1) is 6.42 Å². The third-order valence-corrected chi connectivity index (χ3v) is 2.26. The number of alkyl halides is 3. The van der Waals surface area contributed by atoms with Gasteiger partial charge in [-0.3, -0.25) is 0 Å². The average Bonchev–Trinajstić information content (AvgIpc) is 2.13. The number of rotatable bonds is 4. The van der Waals surface area contributed by atoms with E-state index in [1.165, 1.54) is 19.1 Å². The molecule has 6 heteroatoms. The van der Waals surface area contributed by atoms with E-state index in [2.05, 4.69) is 5.32 Å². The maximum Gasteiger partial charge on any atom is 0.390 e. The van der Waals surface area contributed by atoms with Crippen LogP contribution in [0.15, 0.2) is 18.2 Å². The molecule has 0 bridgehead atoms. The monoisotopic (exact) mass is 250 g/mol. The van der Waals surface area contributed by atoms with Gasteiger partial charge in [0.1, 0.15) is 5.82 Å². The van der Waals surface area contributed by atoms with Crippen LogP contribution >= 0.6 is 0 Å². The first-order valence-corrected chi connectivity index (χ1v) is 5.12. The minimum atomic E-state index is -4.22. The minimum absolute atomic E-state index is 0.0450. The van der Waals surface area contributed by atoms with Crippen LogP contribution in [0.4, 0.5) is 23.2 Å². The second kappa shape index (κ2) is 5.35. The molecule has 0 radical (unpaired) electrons. The van der Waals surface area contributed by atoms with E-state index in [1.54, 1.807) is 0 Å². The fourth-order valence-corrected chi connectivity index (χ4v) is 1.41. The number of benzene rings is 1. The molecule has 0 saturated carbocycles. The zero-order valence-electron chi connectivity index (χ0n) is 9.31. The molecule has 17 heavy (non-hydrogen) atoms. The summed E-state index contributed by atoms with van der Waals surface area (Å²) in [5, 5.41) is 2.61. The summed E-state index contributed by atoms with van der Waals surface area (Å²) < 4.78 is 49.4. The first kappa shape index (κ1) is 13.8. The Bertz CT molecular complexity index is 376. The number of nitrogens with one attached hydrogen (secondary N) is 1. The van der Waals surface area contributed by atoms with Gasteiger partial charge in [-0.05, 0) is 19.1 Å². The van der Waals surface area contributed by atoms with Gasteiger partial charge >= 0.3 is 6.18 Å². The summed E-state index contributed by atoms with van der Waals surface area (Å²) in [4.78, 5) is 0. The van der Waals surface area contributed by atoms with E-state index in [0.717, 1.165) is 6.07 Å². The molecule has 96 valence electrons. The quantitative estimate of drug-likeness (QED) is 0.637. The molecular formula is C11H14F4N2. The molecule has 0 saturated heterocycles. The molecule has 1 unspecified atom stereocenters. The molecule has 0 aliphatic heterocycles. The lowest BCUT2D eigenvalue weighted by atomic mass is 10.1. The normalized spacial score (nSPS) is 13.7. The van der Waals surface area contributed by atoms with Crippen molar-refractivity contribution in [2.45, 2.75) is 32.1 Å². The second-order valence-electron chi connectivity index (χ2n) is 3.95. The van der Waals surface area contributed by atoms with E-state index in [0.29, 0.717) is 5.56 Å². The molecule has 1 atom stereocenters. The van der Waals surface area contributed by atoms with Crippen molar-refractivity contribution in [2.24, 2.45) is 0 Å². The third kappa shape index (κ3) is 5.04. The van der Waals surface area contributed by atoms with Gasteiger partial charge in [0.25, 0.3) is 0 Å². The van der Waals surface area contributed by atoms with Crippen molar-refractivity contribution in [2.75, 3.05) is 5.73 Å². The number of anilines is 1. The number of nitrogens with two attached hydrogens (primary N) is 1. The van der Waals surface area contributed by atoms with E-state index < -0.39 is 24.5 Å². The van der Waals surface area contributed by atoms with Crippen LogP contribution in [0.2, 0.25) is 0 Å². The van der Waals surface area contributed by atoms with Crippen molar-refractivity contribution in [3.63, 3.8) is 0 Å². The summed E-state index contributed by atoms with van der Waals surface area (Å²) in [7, 11) is 0. The number of hydrogen-bond acceptors (Lipinski definition) is 2. The number of hydrogen-bond donors (Lipinski definition) is 2. The molecule has 0 aromatic heterocycles. The molecule has 0 fully saturated rings. The zero-order valence-corrected chi connectivity index (χ0v) is 9.31. The van der Waals surface area contributed by atoms with Gasteiger partial charge in [0, 0.05) is 23.8 Å². The lowest BCUT2D eigenvalue weighted by Crippen LogP contribution is -2.30. The Morgan fingerprint density at radius 3 is 2.53 bits per heavy atom. The van der Waals surface area contributed by atoms with Crippen LogP contribution in [0.5, 0.6) is 0 Å². The predicted molar refractivity (Wildman–Crippen MR) is 57.8 cm³/mol. The number of nitrogen functional groups attached to an aromatic ring is 1.